The number of nitrogens with zero attached hydrogens (tertiary/aromatic N) is 2. The molecule has 1 fully saturated rings. The van der Waals surface area contributed by atoms with Gasteiger partial charge in [-0.15, -0.1) is 35.3 Å². The average Bonchev–Trinajstić information content (AvgIpc) is 3.32. The van der Waals surface area contributed by atoms with Crippen molar-refractivity contribution in [1.82, 2.24) is 15.5 Å². The molecule has 0 aliphatic heterocycles. The average molecular weight is 523 g/mol. The first-order chi connectivity index (χ1) is 13.1. The fourth-order valence-corrected chi connectivity index (χ4v) is 4.77. The second-order valence-electron chi connectivity index (χ2n) is 7.72. The number of halogens is 1. The molecule has 0 spiro atoms. The van der Waals surface area contributed by atoms with Gasteiger partial charge in [-0.25, -0.2) is 0 Å². The molecule has 0 radical (unpaired) electrons. The Balaban J connectivity index is 0.00000392. The Hall–Kier alpha value is -0.380. The van der Waals surface area contributed by atoms with E-state index in [2.05, 4.69) is 61.0 Å². The number of likely N-dealkylation sites (N-methyl/N-ethyl adjacent to an activating group) is 1. The third-order valence-electron chi connectivity index (χ3n) is 5.52. The van der Waals surface area contributed by atoms with Gasteiger partial charge in [0.25, 0.3) is 0 Å². The second kappa shape index (κ2) is 13.8. The molecule has 1 aliphatic rings. The van der Waals surface area contributed by atoms with Crippen LogP contribution in [0.15, 0.2) is 22.5 Å². The molecule has 1 heterocycles. The molecule has 162 valence electrons. The van der Waals surface area contributed by atoms with E-state index in [1.807, 2.05) is 11.3 Å². The predicted octanol–water partition coefficient (Wildman–Crippen LogP) is 4.51. The lowest BCUT2D eigenvalue weighted by Crippen LogP contribution is -2.42. The monoisotopic (exact) mass is 522 g/mol. The first kappa shape index (κ1) is 25.7. The molecule has 1 saturated carbocycles. The van der Waals surface area contributed by atoms with Crippen molar-refractivity contribution >= 4 is 41.3 Å². The minimum absolute atomic E-state index is 0. The molecular weight excluding hydrogens is 483 g/mol. The van der Waals surface area contributed by atoms with E-state index in [0.29, 0.717) is 11.5 Å². The van der Waals surface area contributed by atoms with Crippen molar-refractivity contribution in [2.24, 2.45) is 10.4 Å². The Morgan fingerprint density at radius 2 is 2.04 bits per heavy atom. The molecule has 1 aliphatic carbocycles. The van der Waals surface area contributed by atoms with Gasteiger partial charge < -0.3 is 20.3 Å². The summed E-state index contributed by atoms with van der Waals surface area (Å²) >= 11 is 1.81. The number of thiophene rings is 1. The van der Waals surface area contributed by atoms with Crippen LogP contribution in [0.1, 0.15) is 56.9 Å². The Morgan fingerprint density at radius 1 is 1.29 bits per heavy atom. The van der Waals surface area contributed by atoms with Gasteiger partial charge in [0.1, 0.15) is 0 Å². The number of hydrogen-bond donors (Lipinski definition) is 2. The van der Waals surface area contributed by atoms with Gasteiger partial charge in [0, 0.05) is 37.7 Å². The highest BCUT2D eigenvalue weighted by Crippen LogP contribution is 2.41. The number of hydrogen-bond acceptors (Lipinski definition) is 4. The van der Waals surface area contributed by atoms with Crippen molar-refractivity contribution in [2.75, 3.05) is 46.9 Å². The van der Waals surface area contributed by atoms with Gasteiger partial charge in [0.2, 0.25) is 0 Å². The molecule has 1 aromatic rings. The Bertz CT molecular complexity index is 545. The van der Waals surface area contributed by atoms with Gasteiger partial charge in [-0.1, -0.05) is 18.9 Å². The molecule has 28 heavy (non-hydrogen) atoms. The number of aliphatic imine (C=N–C) groups is 1. The highest BCUT2D eigenvalue weighted by atomic mass is 127. The largest absolute Gasteiger partial charge is 0.382 e. The summed E-state index contributed by atoms with van der Waals surface area (Å²) < 4.78 is 5.64. The number of rotatable bonds is 11. The van der Waals surface area contributed by atoms with Gasteiger partial charge in [-0.2, -0.15) is 0 Å². The zero-order valence-corrected chi connectivity index (χ0v) is 21.1. The molecule has 0 aromatic carbocycles. The van der Waals surface area contributed by atoms with Crippen molar-refractivity contribution in [3.8, 4) is 0 Å². The van der Waals surface area contributed by atoms with Crippen LogP contribution in [0.2, 0.25) is 0 Å². The number of guanidine groups is 1. The third kappa shape index (κ3) is 8.16. The van der Waals surface area contributed by atoms with Crippen LogP contribution in [0.25, 0.3) is 0 Å². The molecule has 7 heteroatoms. The second-order valence-corrected chi connectivity index (χ2v) is 8.70. The van der Waals surface area contributed by atoms with E-state index >= 15 is 0 Å². The van der Waals surface area contributed by atoms with Gasteiger partial charge in [0.05, 0.1) is 6.04 Å². The molecular formula is C21H39IN4OS. The SMILES string of the molecule is CCNC(=NCC1(CCOCC)CCCC1)NCC(c1cccs1)N(C)C.I. The Labute approximate surface area is 192 Å². The summed E-state index contributed by atoms with van der Waals surface area (Å²) in [4.78, 5) is 8.63. The van der Waals surface area contributed by atoms with E-state index < -0.39 is 0 Å². The molecule has 0 bridgehead atoms. The molecule has 1 unspecified atom stereocenters. The lowest BCUT2D eigenvalue weighted by molar-refractivity contribution is 0.107. The summed E-state index contributed by atoms with van der Waals surface area (Å²) in [7, 11) is 4.27. The van der Waals surface area contributed by atoms with Gasteiger partial charge in [-0.05, 0) is 64.1 Å². The van der Waals surface area contributed by atoms with E-state index in [0.717, 1.165) is 45.2 Å². The van der Waals surface area contributed by atoms with Crippen LogP contribution in [0.5, 0.6) is 0 Å². The van der Waals surface area contributed by atoms with Crippen LogP contribution in [0.3, 0.4) is 0 Å². The van der Waals surface area contributed by atoms with E-state index in [9.17, 15) is 0 Å². The van der Waals surface area contributed by atoms with Crippen molar-refractivity contribution in [3.63, 3.8) is 0 Å². The summed E-state index contributed by atoms with van der Waals surface area (Å²) in [5, 5.41) is 9.14. The van der Waals surface area contributed by atoms with Crippen LogP contribution in [0, 0.1) is 5.41 Å². The fraction of sp³-hybridized carbons (Fsp3) is 0.762. The quantitative estimate of drug-likeness (QED) is 0.194. The van der Waals surface area contributed by atoms with Crippen molar-refractivity contribution < 1.29 is 4.74 Å². The van der Waals surface area contributed by atoms with Crippen molar-refractivity contribution in [2.45, 2.75) is 52.0 Å². The van der Waals surface area contributed by atoms with Crippen LogP contribution in [0.4, 0.5) is 0 Å². The Kier molecular flexibility index (Phi) is 12.6. The van der Waals surface area contributed by atoms with Crippen LogP contribution in [-0.2, 0) is 4.74 Å². The highest BCUT2D eigenvalue weighted by molar-refractivity contribution is 14.0. The minimum Gasteiger partial charge on any atom is -0.382 e. The normalized spacial score (nSPS) is 17.4. The maximum Gasteiger partial charge on any atom is 0.191 e. The number of nitrogens with one attached hydrogen (secondary N) is 2. The van der Waals surface area contributed by atoms with Crippen molar-refractivity contribution in [1.29, 1.82) is 0 Å². The lowest BCUT2D eigenvalue weighted by Gasteiger charge is -2.28. The summed E-state index contributed by atoms with van der Waals surface area (Å²) in [6, 6.07) is 4.69. The lowest BCUT2D eigenvalue weighted by atomic mass is 9.83. The Morgan fingerprint density at radius 3 is 2.61 bits per heavy atom. The summed E-state index contributed by atoms with van der Waals surface area (Å²) in [5.74, 6) is 0.934. The van der Waals surface area contributed by atoms with Gasteiger partial charge in [0.15, 0.2) is 5.96 Å². The molecule has 2 rings (SSSR count). The summed E-state index contributed by atoms with van der Waals surface area (Å²) in [6.45, 7) is 8.48. The van der Waals surface area contributed by atoms with E-state index in [-0.39, 0.29) is 24.0 Å². The predicted molar refractivity (Wildman–Crippen MR) is 132 cm³/mol. The first-order valence-electron chi connectivity index (χ1n) is 10.4. The number of ether oxygens (including phenoxy) is 1. The van der Waals surface area contributed by atoms with E-state index in [1.165, 1.54) is 30.6 Å². The maximum atomic E-state index is 5.64. The maximum absolute atomic E-state index is 5.64. The van der Waals surface area contributed by atoms with E-state index in [1.54, 1.807) is 0 Å². The van der Waals surface area contributed by atoms with Gasteiger partial charge in [-0.3, -0.25) is 4.99 Å². The topological polar surface area (TPSA) is 48.9 Å². The first-order valence-corrected chi connectivity index (χ1v) is 11.3. The summed E-state index contributed by atoms with van der Waals surface area (Å²) in [6.07, 6.45) is 6.33. The molecule has 1 aromatic heterocycles. The highest BCUT2D eigenvalue weighted by Gasteiger charge is 2.33. The molecule has 1 atom stereocenters. The van der Waals surface area contributed by atoms with Gasteiger partial charge >= 0.3 is 0 Å². The standard InChI is InChI=1S/C21H38N4OS.HI/c1-5-22-20(23-16-18(25(3)4)19-10-9-15-27-19)24-17-21(11-7-8-12-21)13-14-26-6-2;/h9-10,15,18H,5-8,11-14,16-17H2,1-4H3,(H2,22,23,24);1H. The van der Waals surface area contributed by atoms with Crippen molar-refractivity contribution in [3.05, 3.63) is 22.4 Å². The summed E-state index contributed by atoms with van der Waals surface area (Å²) in [5.41, 5.74) is 0.326. The van der Waals surface area contributed by atoms with E-state index in [4.69, 9.17) is 9.73 Å². The smallest absolute Gasteiger partial charge is 0.191 e. The fourth-order valence-electron chi connectivity index (χ4n) is 3.85. The molecule has 0 saturated heterocycles. The molecule has 2 N–H and O–H groups in total. The zero-order chi connectivity index (χ0) is 19.5. The minimum atomic E-state index is 0. The third-order valence-corrected chi connectivity index (χ3v) is 6.49. The van der Waals surface area contributed by atoms with Crippen LogP contribution < -0.4 is 10.6 Å². The molecule has 5 nitrogen and oxygen atoms in total. The molecule has 0 amide bonds. The zero-order valence-electron chi connectivity index (χ0n) is 18.0. The van der Waals surface area contributed by atoms with Crippen LogP contribution in [-0.4, -0.2) is 57.8 Å². The van der Waals surface area contributed by atoms with Crippen LogP contribution >= 0.6 is 35.3 Å².